The van der Waals surface area contributed by atoms with E-state index in [0.717, 1.165) is 37.2 Å². The molecule has 1 heterocycles. The average Bonchev–Trinajstić information content (AvgIpc) is 3.36. The van der Waals surface area contributed by atoms with Gasteiger partial charge in [0.05, 0.1) is 5.69 Å². The summed E-state index contributed by atoms with van der Waals surface area (Å²) in [4.78, 5) is 7.12. The molecule has 0 amide bonds. The summed E-state index contributed by atoms with van der Waals surface area (Å²) in [5.41, 5.74) is 2.45. The second-order valence-electron chi connectivity index (χ2n) is 5.64. The summed E-state index contributed by atoms with van der Waals surface area (Å²) in [6.07, 6.45) is 2.63. The second kappa shape index (κ2) is 6.72. The van der Waals surface area contributed by atoms with Gasteiger partial charge in [0, 0.05) is 25.7 Å². The summed E-state index contributed by atoms with van der Waals surface area (Å²) in [7, 11) is 0. The molecule has 110 valence electrons. The van der Waals surface area contributed by atoms with Crippen molar-refractivity contribution in [2.45, 2.75) is 38.9 Å². The van der Waals surface area contributed by atoms with Crippen molar-refractivity contribution >= 4 is 5.82 Å². The van der Waals surface area contributed by atoms with Gasteiger partial charge in [-0.15, -0.1) is 0 Å². The van der Waals surface area contributed by atoms with Crippen molar-refractivity contribution in [1.82, 2.24) is 10.3 Å². The third kappa shape index (κ3) is 4.05. The first-order chi connectivity index (χ1) is 10.3. The maximum absolute atomic E-state index is 4.80. The molecule has 0 radical (unpaired) electrons. The van der Waals surface area contributed by atoms with Crippen LogP contribution in [0, 0.1) is 0 Å². The molecule has 1 fully saturated rings. The van der Waals surface area contributed by atoms with Gasteiger partial charge in [-0.3, -0.25) is 0 Å². The van der Waals surface area contributed by atoms with E-state index < -0.39 is 0 Å². The Balaban J connectivity index is 1.68. The van der Waals surface area contributed by atoms with E-state index >= 15 is 0 Å². The minimum Gasteiger partial charge on any atom is -0.353 e. The first kappa shape index (κ1) is 14.1. The fourth-order valence-electron chi connectivity index (χ4n) is 2.44. The number of nitrogens with one attached hydrogen (secondary N) is 1. The number of benzene rings is 1. The molecule has 0 bridgehead atoms. The van der Waals surface area contributed by atoms with Crippen LogP contribution in [0.3, 0.4) is 0 Å². The number of anilines is 1. The summed E-state index contributed by atoms with van der Waals surface area (Å²) in [5, 5.41) is 3.53. The van der Waals surface area contributed by atoms with E-state index in [2.05, 4.69) is 65.7 Å². The summed E-state index contributed by atoms with van der Waals surface area (Å²) >= 11 is 0. The van der Waals surface area contributed by atoms with Crippen molar-refractivity contribution in [1.29, 1.82) is 0 Å². The predicted molar refractivity (Wildman–Crippen MR) is 87.3 cm³/mol. The van der Waals surface area contributed by atoms with Gasteiger partial charge >= 0.3 is 0 Å². The maximum Gasteiger partial charge on any atom is 0.129 e. The normalized spacial score (nSPS) is 14.1. The molecule has 1 aromatic heterocycles. The zero-order valence-electron chi connectivity index (χ0n) is 12.6. The van der Waals surface area contributed by atoms with Gasteiger partial charge in [-0.1, -0.05) is 36.4 Å². The molecule has 3 rings (SSSR count). The van der Waals surface area contributed by atoms with E-state index in [1.807, 2.05) is 0 Å². The zero-order chi connectivity index (χ0) is 14.5. The minimum atomic E-state index is 0.724. The molecule has 0 atom stereocenters. The Morgan fingerprint density at radius 3 is 2.62 bits per heavy atom. The first-order valence-electron chi connectivity index (χ1n) is 7.83. The zero-order valence-corrected chi connectivity index (χ0v) is 12.6. The minimum absolute atomic E-state index is 0.724. The molecule has 2 aromatic rings. The van der Waals surface area contributed by atoms with Crippen LogP contribution in [0.1, 0.15) is 31.0 Å². The number of hydrogen-bond donors (Lipinski definition) is 1. The highest BCUT2D eigenvalue weighted by Gasteiger charge is 2.20. The van der Waals surface area contributed by atoms with Crippen LogP contribution in [0.2, 0.25) is 0 Å². The fraction of sp³-hybridized carbons (Fsp3) is 0.389. The van der Waals surface area contributed by atoms with E-state index in [-0.39, 0.29) is 0 Å². The van der Waals surface area contributed by atoms with Crippen LogP contribution in [0.25, 0.3) is 0 Å². The van der Waals surface area contributed by atoms with Gasteiger partial charge in [-0.2, -0.15) is 0 Å². The van der Waals surface area contributed by atoms with Crippen molar-refractivity contribution < 1.29 is 0 Å². The molecular formula is C18H23N3. The average molecular weight is 281 g/mol. The van der Waals surface area contributed by atoms with Crippen molar-refractivity contribution in [3.8, 4) is 0 Å². The van der Waals surface area contributed by atoms with Gasteiger partial charge in [-0.05, 0) is 37.5 Å². The molecule has 0 unspecified atom stereocenters. The Hall–Kier alpha value is -1.87. The molecule has 1 aromatic carbocycles. The van der Waals surface area contributed by atoms with Crippen molar-refractivity contribution in [3.05, 3.63) is 59.8 Å². The predicted octanol–water partition coefficient (Wildman–Crippen LogP) is 3.36. The summed E-state index contributed by atoms with van der Waals surface area (Å²) in [5.74, 6) is 1.07. The van der Waals surface area contributed by atoms with Crippen LogP contribution >= 0.6 is 0 Å². The molecule has 21 heavy (non-hydrogen) atoms. The topological polar surface area (TPSA) is 28.2 Å². The number of aromatic nitrogens is 1. The highest BCUT2D eigenvalue weighted by molar-refractivity contribution is 5.40. The van der Waals surface area contributed by atoms with Gasteiger partial charge in [-0.25, -0.2) is 4.98 Å². The summed E-state index contributed by atoms with van der Waals surface area (Å²) < 4.78 is 0. The Morgan fingerprint density at radius 1 is 1.10 bits per heavy atom. The smallest absolute Gasteiger partial charge is 0.129 e. The Morgan fingerprint density at radius 2 is 1.90 bits per heavy atom. The summed E-state index contributed by atoms with van der Waals surface area (Å²) in [6.45, 7) is 4.92. The SMILES string of the molecule is CCN(Cc1ccccc1)c1cccc(CNC2CC2)n1. The Labute approximate surface area is 127 Å². The standard InChI is InChI=1S/C18H23N3/c1-2-21(14-15-7-4-3-5-8-15)18-10-6-9-17(20-18)13-19-16-11-12-16/h3-10,16,19H,2,11-14H2,1H3. The van der Waals surface area contributed by atoms with Crippen LogP contribution in [0.15, 0.2) is 48.5 Å². The molecule has 1 saturated carbocycles. The van der Waals surface area contributed by atoms with Crippen molar-refractivity contribution in [2.24, 2.45) is 0 Å². The third-order valence-electron chi connectivity index (χ3n) is 3.86. The Bertz CT molecular complexity index is 564. The monoisotopic (exact) mass is 281 g/mol. The largest absolute Gasteiger partial charge is 0.353 e. The molecule has 1 aliphatic carbocycles. The van der Waals surface area contributed by atoms with E-state index in [1.54, 1.807) is 0 Å². The fourth-order valence-corrected chi connectivity index (χ4v) is 2.44. The van der Waals surface area contributed by atoms with Crippen LogP contribution in [-0.4, -0.2) is 17.6 Å². The van der Waals surface area contributed by atoms with Crippen LogP contribution in [0.5, 0.6) is 0 Å². The van der Waals surface area contributed by atoms with E-state index in [0.29, 0.717) is 0 Å². The van der Waals surface area contributed by atoms with Crippen LogP contribution in [-0.2, 0) is 13.1 Å². The molecule has 3 nitrogen and oxygen atoms in total. The maximum atomic E-state index is 4.80. The molecular weight excluding hydrogens is 258 g/mol. The molecule has 1 N–H and O–H groups in total. The van der Waals surface area contributed by atoms with Gasteiger partial charge in [0.15, 0.2) is 0 Å². The lowest BCUT2D eigenvalue weighted by Crippen LogP contribution is -2.24. The van der Waals surface area contributed by atoms with Crippen molar-refractivity contribution in [3.63, 3.8) is 0 Å². The summed E-state index contributed by atoms with van der Waals surface area (Å²) in [6, 6.07) is 17.6. The lowest BCUT2D eigenvalue weighted by molar-refractivity contribution is 0.672. The second-order valence-corrected chi connectivity index (χ2v) is 5.64. The van der Waals surface area contributed by atoms with Gasteiger partial charge in [0.2, 0.25) is 0 Å². The van der Waals surface area contributed by atoms with E-state index in [9.17, 15) is 0 Å². The molecule has 0 spiro atoms. The van der Waals surface area contributed by atoms with Crippen LogP contribution in [0.4, 0.5) is 5.82 Å². The van der Waals surface area contributed by atoms with Gasteiger partial charge in [0.1, 0.15) is 5.82 Å². The Kier molecular flexibility index (Phi) is 4.51. The number of rotatable bonds is 7. The first-order valence-corrected chi connectivity index (χ1v) is 7.83. The highest BCUT2D eigenvalue weighted by atomic mass is 15.2. The molecule has 0 aliphatic heterocycles. The van der Waals surface area contributed by atoms with Crippen molar-refractivity contribution in [2.75, 3.05) is 11.4 Å². The molecule has 1 aliphatic rings. The number of pyridine rings is 1. The lowest BCUT2D eigenvalue weighted by Gasteiger charge is -2.22. The third-order valence-corrected chi connectivity index (χ3v) is 3.86. The van der Waals surface area contributed by atoms with E-state index in [1.165, 1.54) is 18.4 Å². The van der Waals surface area contributed by atoms with Gasteiger partial charge in [0.25, 0.3) is 0 Å². The quantitative estimate of drug-likeness (QED) is 0.843. The van der Waals surface area contributed by atoms with Gasteiger partial charge < -0.3 is 10.2 Å². The number of hydrogen-bond acceptors (Lipinski definition) is 3. The van der Waals surface area contributed by atoms with Crippen LogP contribution < -0.4 is 10.2 Å². The lowest BCUT2D eigenvalue weighted by atomic mass is 10.2. The molecule has 3 heteroatoms. The molecule has 0 saturated heterocycles. The number of nitrogens with zero attached hydrogens (tertiary/aromatic N) is 2. The van der Waals surface area contributed by atoms with E-state index in [4.69, 9.17) is 4.98 Å². The highest BCUT2D eigenvalue weighted by Crippen LogP contribution is 2.20.